The predicted molar refractivity (Wildman–Crippen MR) is 115 cm³/mol. The van der Waals surface area contributed by atoms with Gasteiger partial charge in [0.1, 0.15) is 6.04 Å². The number of nitrogens with one attached hydrogen (secondary N) is 1. The molecular weight excluding hydrogens is 350 g/mol. The number of hydrogen-bond donors (Lipinski definition) is 1. The fourth-order valence-electron chi connectivity index (χ4n) is 3.30. The molecule has 3 nitrogen and oxygen atoms in total. The predicted octanol–water partition coefficient (Wildman–Crippen LogP) is 5.15. The summed E-state index contributed by atoms with van der Waals surface area (Å²) in [5.74, 6) is 0.595. The fourth-order valence-corrected chi connectivity index (χ4v) is 4.35. The fraction of sp³-hybridized carbons (Fsp3) is 0.391. The summed E-state index contributed by atoms with van der Waals surface area (Å²) in [5.41, 5.74) is 7.94. The van der Waals surface area contributed by atoms with Crippen LogP contribution in [0.3, 0.4) is 0 Å². The summed E-state index contributed by atoms with van der Waals surface area (Å²) in [6, 6.07) is 13.2. The molecule has 1 aromatic heterocycles. The third-order valence-electron chi connectivity index (χ3n) is 5.33. The van der Waals surface area contributed by atoms with Crippen LogP contribution in [0.5, 0.6) is 0 Å². The van der Waals surface area contributed by atoms with Gasteiger partial charge in [0.15, 0.2) is 0 Å². The van der Waals surface area contributed by atoms with E-state index in [2.05, 4.69) is 79.8 Å². The Bertz CT molecular complexity index is 899. The van der Waals surface area contributed by atoms with Crippen LogP contribution in [0.4, 0.5) is 5.69 Å². The summed E-state index contributed by atoms with van der Waals surface area (Å²) < 4.78 is 0. The number of benzene rings is 1. The Balaban J connectivity index is 1.72. The molecule has 2 aromatic rings. The van der Waals surface area contributed by atoms with Gasteiger partial charge in [-0.15, -0.1) is 17.1 Å². The highest BCUT2D eigenvalue weighted by molar-refractivity contribution is 7.15. The minimum Gasteiger partial charge on any atom is -0.341 e. The normalized spacial score (nSPS) is 15.2. The van der Waals surface area contributed by atoms with Crippen LogP contribution < -0.4 is 10.2 Å². The lowest BCUT2D eigenvalue weighted by atomic mass is 10.1. The number of rotatable bonds is 7. The summed E-state index contributed by atoms with van der Waals surface area (Å²) in [4.78, 5) is 4.66. The molecule has 1 aliphatic rings. The van der Waals surface area contributed by atoms with Crippen molar-refractivity contribution in [3.8, 4) is 16.5 Å². The summed E-state index contributed by atoms with van der Waals surface area (Å²) in [5, 5.41) is 12.8. The maximum Gasteiger partial charge on any atom is 0.100 e. The van der Waals surface area contributed by atoms with Crippen LogP contribution in [0.25, 0.3) is 10.4 Å². The largest absolute Gasteiger partial charge is 0.341 e. The van der Waals surface area contributed by atoms with E-state index in [1.807, 2.05) is 0 Å². The second kappa shape index (κ2) is 8.59. The van der Waals surface area contributed by atoms with Crippen molar-refractivity contribution in [2.45, 2.75) is 39.2 Å². The highest BCUT2D eigenvalue weighted by Gasteiger charge is 2.21. The Morgan fingerprint density at radius 3 is 2.85 bits per heavy atom. The van der Waals surface area contributed by atoms with E-state index in [1.54, 1.807) is 11.3 Å². The van der Waals surface area contributed by atoms with Gasteiger partial charge in [-0.1, -0.05) is 39.0 Å². The van der Waals surface area contributed by atoms with Crippen molar-refractivity contribution in [2.75, 3.05) is 18.5 Å². The molecule has 1 aliphatic heterocycles. The average Bonchev–Trinajstić information content (AvgIpc) is 3.28. The van der Waals surface area contributed by atoms with Crippen LogP contribution in [0.1, 0.15) is 30.7 Å². The number of fused-ring (bicyclic) bond motifs is 1. The smallest absolute Gasteiger partial charge is 0.100 e. The van der Waals surface area contributed by atoms with Gasteiger partial charge in [0.2, 0.25) is 0 Å². The third kappa shape index (κ3) is 4.34. The molecule has 4 heteroatoms. The van der Waals surface area contributed by atoms with Crippen molar-refractivity contribution in [2.24, 2.45) is 5.92 Å². The van der Waals surface area contributed by atoms with Gasteiger partial charge in [-0.05, 0) is 41.8 Å². The van der Waals surface area contributed by atoms with Crippen molar-refractivity contribution in [3.63, 3.8) is 0 Å². The number of hydrogen-bond acceptors (Lipinski definition) is 4. The van der Waals surface area contributed by atoms with Crippen LogP contribution in [0, 0.1) is 17.2 Å². The molecule has 27 heavy (non-hydrogen) atoms. The van der Waals surface area contributed by atoms with Gasteiger partial charge < -0.3 is 10.2 Å². The molecule has 0 saturated carbocycles. The van der Waals surface area contributed by atoms with Crippen molar-refractivity contribution < 1.29 is 0 Å². The lowest BCUT2D eigenvalue weighted by Gasteiger charge is -2.14. The molecule has 2 heterocycles. The van der Waals surface area contributed by atoms with Gasteiger partial charge >= 0.3 is 0 Å². The van der Waals surface area contributed by atoms with E-state index < -0.39 is 0 Å². The molecular formula is C23H27N3S. The molecule has 0 radical (unpaired) electrons. The SMILES string of the molecule is C=C=C1Cc2ccc(-c3ccc(C[C@@H](C#N)NC[C@@H](C)CC)s3)cc2N1C. The second-order valence-corrected chi connectivity index (χ2v) is 8.44. The van der Waals surface area contributed by atoms with Gasteiger partial charge in [-0.2, -0.15) is 5.26 Å². The highest BCUT2D eigenvalue weighted by atomic mass is 32.1. The van der Waals surface area contributed by atoms with Gasteiger partial charge in [0.05, 0.1) is 11.8 Å². The Morgan fingerprint density at radius 2 is 2.15 bits per heavy atom. The minimum atomic E-state index is -0.128. The summed E-state index contributed by atoms with van der Waals surface area (Å²) in [6.07, 6.45) is 2.78. The van der Waals surface area contributed by atoms with Crippen LogP contribution in [-0.2, 0) is 12.8 Å². The number of likely N-dealkylation sites (N-methyl/N-ethyl adjacent to an activating group) is 1. The molecule has 0 fully saturated rings. The molecule has 0 unspecified atom stereocenters. The monoisotopic (exact) mass is 377 g/mol. The lowest BCUT2D eigenvalue weighted by Crippen LogP contribution is -2.32. The molecule has 1 aromatic carbocycles. The molecule has 0 amide bonds. The summed E-state index contributed by atoms with van der Waals surface area (Å²) >= 11 is 1.78. The zero-order valence-electron chi connectivity index (χ0n) is 16.4. The Labute approximate surface area is 166 Å². The number of allylic oxidation sites excluding steroid dienone is 1. The van der Waals surface area contributed by atoms with E-state index in [-0.39, 0.29) is 6.04 Å². The van der Waals surface area contributed by atoms with Crippen molar-refractivity contribution in [3.05, 3.63) is 58.8 Å². The standard InChI is InChI=1S/C23H27N3S/c1-5-16(3)15-25-19(14-24)13-21-9-10-23(27-21)18-8-7-17-11-20(6-2)26(4)22(17)12-18/h7-10,12,16,19,25H,2,5,11,13,15H2,1,3-4H3/t16-,19-/m0/s1. The minimum absolute atomic E-state index is 0.128. The van der Waals surface area contributed by atoms with Crippen LogP contribution >= 0.6 is 11.3 Å². The molecule has 2 atom stereocenters. The molecule has 0 bridgehead atoms. The van der Waals surface area contributed by atoms with E-state index in [0.717, 1.165) is 31.5 Å². The van der Waals surface area contributed by atoms with Crippen LogP contribution in [0.15, 0.2) is 48.3 Å². The first-order valence-electron chi connectivity index (χ1n) is 9.53. The number of nitrogens with zero attached hydrogens (tertiary/aromatic N) is 2. The molecule has 140 valence electrons. The van der Waals surface area contributed by atoms with E-state index in [0.29, 0.717) is 5.92 Å². The third-order valence-corrected chi connectivity index (χ3v) is 6.49. The first-order valence-corrected chi connectivity index (χ1v) is 10.3. The first-order chi connectivity index (χ1) is 13.0. The van der Waals surface area contributed by atoms with E-state index >= 15 is 0 Å². The number of anilines is 1. The van der Waals surface area contributed by atoms with Gasteiger partial charge in [-0.25, -0.2) is 0 Å². The van der Waals surface area contributed by atoms with Crippen LogP contribution in [0.2, 0.25) is 0 Å². The Hall–Kier alpha value is -2.31. The van der Waals surface area contributed by atoms with E-state index in [4.69, 9.17) is 0 Å². The van der Waals surface area contributed by atoms with Crippen molar-refractivity contribution >= 4 is 17.0 Å². The zero-order chi connectivity index (χ0) is 19.4. The van der Waals surface area contributed by atoms with Gasteiger partial charge in [-0.3, -0.25) is 0 Å². The lowest BCUT2D eigenvalue weighted by molar-refractivity contribution is 0.474. The van der Waals surface area contributed by atoms with Crippen molar-refractivity contribution in [1.82, 2.24) is 5.32 Å². The molecule has 1 N–H and O–H groups in total. The molecule has 0 spiro atoms. The van der Waals surface area contributed by atoms with Gasteiger partial charge in [0, 0.05) is 35.3 Å². The van der Waals surface area contributed by atoms with Gasteiger partial charge in [0.25, 0.3) is 0 Å². The molecule has 0 saturated heterocycles. The van der Waals surface area contributed by atoms with Crippen molar-refractivity contribution in [1.29, 1.82) is 5.26 Å². The first kappa shape index (κ1) is 19.5. The number of nitriles is 1. The summed E-state index contributed by atoms with van der Waals surface area (Å²) in [7, 11) is 2.07. The number of thiophene rings is 1. The highest BCUT2D eigenvalue weighted by Crippen LogP contribution is 2.38. The quantitative estimate of drug-likeness (QED) is 0.679. The maximum absolute atomic E-state index is 9.45. The van der Waals surface area contributed by atoms with E-state index in [9.17, 15) is 5.26 Å². The molecule has 3 rings (SSSR count). The average molecular weight is 378 g/mol. The topological polar surface area (TPSA) is 39.1 Å². The second-order valence-electron chi connectivity index (χ2n) is 7.28. The Kier molecular flexibility index (Phi) is 6.19. The van der Waals surface area contributed by atoms with Crippen LogP contribution in [-0.4, -0.2) is 19.6 Å². The zero-order valence-corrected chi connectivity index (χ0v) is 17.2. The Morgan fingerprint density at radius 1 is 1.33 bits per heavy atom. The maximum atomic E-state index is 9.45. The summed E-state index contributed by atoms with van der Waals surface area (Å²) in [6.45, 7) is 9.08. The van der Waals surface area contributed by atoms with E-state index in [1.165, 1.54) is 26.6 Å². The molecule has 0 aliphatic carbocycles.